The second kappa shape index (κ2) is 14.4. The summed E-state index contributed by atoms with van der Waals surface area (Å²) in [5, 5.41) is 11.5. The van der Waals surface area contributed by atoms with E-state index in [0.29, 0.717) is 13.0 Å². The van der Waals surface area contributed by atoms with Gasteiger partial charge in [-0.1, -0.05) is 27.2 Å². The second-order valence-corrected chi connectivity index (χ2v) is 10.1. The number of esters is 2. The van der Waals surface area contributed by atoms with E-state index < -0.39 is 57.0 Å². The third kappa shape index (κ3) is 13.0. The summed E-state index contributed by atoms with van der Waals surface area (Å²) in [7, 11) is -4.30. The Kier molecular flexibility index (Phi) is 13.7. The standard InChI is InChI=1S/C21H39NO9S/c1-6-8-10-30-19(25)16(7-2)13-17(20(26)31-11-9-23)12-15(3)18(24)22-21(4,5)14-32(27,28)29/h15-17,23H,6-14H2,1-5H3,(H,22,24)(H,27,28,29). The number of ether oxygens (including phenoxy) is 2. The minimum atomic E-state index is -4.30. The Hall–Kier alpha value is -1.72. The molecule has 0 aromatic rings. The van der Waals surface area contributed by atoms with E-state index in [1.54, 1.807) is 13.8 Å². The van der Waals surface area contributed by atoms with Crippen LogP contribution in [0.4, 0.5) is 0 Å². The van der Waals surface area contributed by atoms with Gasteiger partial charge in [-0.25, -0.2) is 0 Å². The predicted molar refractivity (Wildman–Crippen MR) is 118 cm³/mol. The number of aliphatic hydroxyl groups excluding tert-OH is 1. The summed E-state index contributed by atoms with van der Waals surface area (Å²) in [6.07, 6.45) is 2.23. The number of rotatable bonds is 16. The maximum absolute atomic E-state index is 12.6. The van der Waals surface area contributed by atoms with Gasteiger partial charge in [-0.2, -0.15) is 8.42 Å². The molecule has 0 aliphatic rings. The van der Waals surface area contributed by atoms with Crippen LogP contribution in [0.25, 0.3) is 0 Å². The largest absolute Gasteiger partial charge is 0.465 e. The summed E-state index contributed by atoms with van der Waals surface area (Å²) in [6, 6.07) is 0. The molecule has 3 N–H and O–H groups in total. The van der Waals surface area contributed by atoms with Crippen LogP contribution in [0.15, 0.2) is 0 Å². The van der Waals surface area contributed by atoms with Crippen molar-refractivity contribution in [3.05, 3.63) is 0 Å². The van der Waals surface area contributed by atoms with Crippen LogP contribution in [0.5, 0.6) is 0 Å². The quantitative estimate of drug-likeness (QED) is 0.170. The number of aliphatic hydroxyl groups is 1. The van der Waals surface area contributed by atoms with Crippen molar-refractivity contribution >= 4 is 28.0 Å². The van der Waals surface area contributed by atoms with Crippen LogP contribution >= 0.6 is 0 Å². The van der Waals surface area contributed by atoms with Crippen molar-refractivity contribution in [3.63, 3.8) is 0 Å². The summed E-state index contributed by atoms with van der Waals surface area (Å²) < 4.78 is 41.7. The van der Waals surface area contributed by atoms with Gasteiger partial charge < -0.3 is 19.9 Å². The molecule has 0 heterocycles. The molecular formula is C21H39NO9S. The molecule has 0 aromatic carbocycles. The van der Waals surface area contributed by atoms with E-state index in [0.717, 1.165) is 12.8 Å². The maximum atomic E-state index is 12.6. The molecule has 11 heteroatoms. The Balaban J connectivity index is 5.29. The number of carbonyl (C=O) groups excluding carboxylic acids is 3. The Morgan fingerprint density at radius 1 is 1.00 bits per heavy atom. The molecule has 1 amide bonds. The zero-order chi connectivity index (χ0) is 24.9. The highest BCUT2D eigenvalue weighted by atomic mass is 32.2. The summed E-state index contributed by atoms with van der Waals surface area (Å²) in [5.74, 6) is -4.27. The molecule has 0 bridgehead atoms. The van der Waals surface area contributed by atoms with Crippen LogP contribution in [0.2, 0.25) is 0 Å². The van der Waals surface area contributed by atoms with Crippen molar-refractivity contribution in [1.82, 2.24) is 5.32 Å². The maximum Gasteiger partial charge on any atom is 0.309 e. The van der Waals surface area contributed by atoms with E-state index >= 15 is 0 Å². The second-order valence-electron chi connectivity index (χ2n) is 8.69. The van der Waals surface area contributed by atoms with Gasteiger partial charge in [-0.3, -0.25) is 18.9 Å². The van der Waals surface area contributed by atoms with Crippen molar-refractivity contribution in [2.75, 3.05) is 25.6 Å². The molecule has 0 aromatic heterocycles. The van der Waals surface area contributed by atoms with E-state index in [-0.39, 0.29) is 26.1 Å². The number of hydrogen-bond donors (Lipinski definition) is 3. The molecule has 0 fully saturated rings. The minimum Gasteiger partial charge on any atom is -0.465 e. The van der Waals surface area contributed by atoms with Crippen LogP contribution in [0.1, 0.15) is 66.7 Å². The first-order valence-corrected chi connectivity index (χ1v) is 12.6. The molecule has 32 heavy (non-hydrogen) atoms. The molecule has 0 aliphatic carbocycles. The van der Waals surface area contributed by atoms with Crippen molar-refractivity contribution < 1.29 is 41.9 Å². The molecule has 0 spiro atoms. The lowest BCUT2D eigenvalue weighted by atomic mass is 9.85. The first-order valence-electron chi connectivity index (χ1n) is 11.0. The van der Waals surface area contributed by atoms with Crippen molar-refractivity contribution in [2.24, 2.45) is 17.8 Å². The SMILES string of the molecule is CCCCOC(=O)C(CC)CC(CC(C)C(=O)NC(C)(C)CS(=O)(=O)O)C(=O)OCCO. The Morgan fingerprint density at radius 2 is 1.56 bits per heavy atom. The average Bonchev–Trinajstić information content (AvgIpc) is 2.66. The van der Waals surface area contributed by atoms with E-state index in [2.05, 4.69) is 5.32 Å². The number of carbonyl (C=O) groups is 3. The Bertz CT molecular complexity index is 706. The monoisotopic (exact) mass is 481 g/mol. The molecule has 0 saturated carbocycles. The van der Waals surface area contributed by atoms with E-state index in [1.165, 1.54) is 13.8 Å². The lowest BCUT2D eigenvalue weighted by Gasteiger charge is -2.28. The highest BCUT2D eigenvalue weighted by Crippen LogP contribution is 2.25. The van der Waals surface area contributed by atoms with Crippen molar-refractivity contribution in [1.29, 1.82) is 0 Å². The molecule has 10 nitrogen and oxygen atoms in total. The molecule has 3 unspecified atom stereocenters. The first-order chi connectivity index (χ1) is 14.8. The van der Waals surface area contributed by atoms with Gasteiger partial charge in [0.2, 0.25) is 5.91 Å². The fourth-order valence-electron chi connectivity index (χ4n) is 3.24. The van der Waals surface area contributed by atoms with Crippen LogP contribution < -0.4 is 5.32 Å². The summed E-state index contributed by atoms with van der Waals surface area (Å²) in [5.41, 5.74) is -1.22. The Labute approximate surface area is 191 Å². The average molecular weight is 482 g/mol. The minimum absolute atomic E-state index is 0.0524. The number of nitrogens with one attached hydrogen (secondary N) is 1. The van der Waals surface area contributed by atoms with Gasteiger partial charge in [-0.05, 0) is 39.5 Å². The Morgan fingerprint density at radius 3 is 2.06 bits per heavy atom. The van der Waals surface area contributed by atoms with Crippen LogP contribution in [-0.4, -0.2) is 67.0 Å². The predicted octanol–water partition coefficient (Wildman–Crippen LogP) is 1.71. The fraction of sp³-hybridized carbons (Fsp3) is 0.857. The first kappa shape index (κ1) is 30.3. The highest BCUT2D eigenvalue weighted by Gasteiger charge is 2.33. The number of unbranched alkanes of at least 4 members (excludes halogenated alkanes) is 1. The normalized spacial score (nSPS) is 14.8. The smallest absolute Gasteiger partial charge is 0.309 e. The zero-order valence-electron chi connectivity index (χ0n) is 19.8. The molecule has 3 atom stereocenters. The van der Waals surface area contributed by atoms with Crippen LogP contribution in [0.3, 0.4) is 0 Å². The van der Waals surface area contributed by atoms with Gasteiger partial charge in [0.05, 0.1) is 36.3 Å². The van der Waals surface area contributed by atoms with Gasteiger partial charge in [-0.15, -0.1) is 0 Å². The molecule has 0 saturated heterocycles. The van der Waals surface area contributed by atoms with Gasteiger partial charge in [0, 0.05) is 5.92 Å². The summed E-state index contributed by atoms with van der Waals surface area (Å²) >= 11 is 0. The summed E-state index contributed by atoms with van der Waals surface area (Å²) in [6.45, 7) is 8.01. The number of hydrogen-bond acceptors (Lipinski definition) is 8. The van der Waals surface area contributed by atoms with E-state index in [1.807, 2.05) is 6.92 Å². The van der Waals surface area contributed by atoms with Crippen LogP contribution in [-0.2, 0) is 34.0 Å². The topological polar surface area (TPSA) is 156 Å². The third-order valence-electron chi connectivity index (χ3n) is 4.90. The highest BCUT2D eigenvalue weighted by molar-refractivity contribution is 7.85. The molecular weight excluding hydrogens is 442 g/mol. The van der Waals surface area contributed by atoms with E-state index in [4.69, 9.17) is 19.1 Å². The molecule has 0 rings (SSSR count). The van der Waals surface area contributed by atoms with Gasteiger partial charge in [0.1, 0.15) is 6.61 Å². The lowest BCUT2D eigenvalue weighted by Crippen LogP contribution is -2.50. The molecule has 0 radical (unpaired) electrons. The van der Waals surface area contributed by atoms with Gasteiger partial charge >= 0.3 is 11.9 Å². The van der Waals surface area contributed by atoms with Crippen molar-refractivity contribution in [2.45, 2.75) is 72.3 Å². The summed E-state index contributed by atoms with van der Waals surface area (Å²) in [4.78, 5) is 37.5. The third-order valence-corrected chi connectivity index (χ3v) is 5.98. The zero-order valence-corrected chi connectivity index (χ0v) is 20.6. The molecule has 188 valence electrons. The van der Waals surface area contributed by atoms with Crippen molar-refractivity contribution in [3.8, 4) is 0 Å². The van der Waals surface area contributed by atoms with E-state index in [9.17, 15) is 22.8 Å². The number of amides is 1. The lowest BCUT2D eigenvalue weighted by molar-refractivity contribution is -0.154. The van der Waals surface area contributed by atoms with Crippen LogP contribution in [0, 0.1) is 17.8 Å². The van der Waals surface area contributed by atoms with Gasteiger partial charge in [0.15, 0.2) is 0 Å². The van der Waals surface area contributed by atoms with Gasteiger partial charge in [0.25, 0.3) is 10.1 Å². The molecule has 0 aliphatic heterocycles. The fourth-order valence-corrected chi connectivity index (χ4v) is 4.23.